The van der Waals surface area contributed by atoms with Crippen LogP contribution in [0.15, 0.2) is 0 Å². The molecular weight excluding hydrogens is 328 g/mol. The molecule has 0 aromatic heterocycles. The molecule has 2 unspecified atom stereocenters. The van der Waals surface area contributed by atoms with Crippen LogP contribution in [0.2, 0.25) is 0 Å². The molecule has 0 aliphatic rings. The first kappa shape index (κ1) is 23.4. The Hall–Kier alpha value is -1.63. The molecular formula is C18H32O7. The van der Waals surface area contributed by atoms with Crippen molar-refractivity contribution < 1.29 is 33.6 Å². The van der Waals surface area contributed by atoms with Gasteiger partial charge in [-0.1, -0.05) is 33.1 Å². The Kier molecular flexibility index (Phi) is 11.1. The molecule has 0 saturated heterocycles. The van der Waals surface area contributed by atoms with Gasteiger partial charge in [0.1, 0.15) is 11.7 Å². The van der Waals surface area contributed by atoms with E-state index in [9.17, 15) is 14.4 Å². The molecule has 7 nitrogen and oxygen atoms in total. The van der Waals surface area contributed by atoms with Crippen LogP contribution in [-0.4, -0.2) is 36.2 Å². The molecule has 0 bridgehead atoms. The summed E-state index contributed by atoms with van der Waals surface area (Å²) in [7, 11) is 0. The molecule has 0 saturated carbocycles. The first-order chi connectivity index (χ1) is 11.6. The van der Waals surface area contributed by atoms with Crippen molar-refractivity contribution in [3.63, 3.8) is 0 Å². The molecule has 0 aromatic carbocycles. The van der Waals surface area contributed by atoms with Crippen LogP contribution in [0, 0.1) is 5.92 Å². The fraction of sp³-hybridized carbons (Fsp3) is 0.833. The van der Waals surface area contributed by atoms with E-state index in [4.69, 9.17) is 14.4 Å². The Morgan fingerprint density at radius 1 is 1.08 bits per heavy atom. The third-order valence-corrected chi connectivity index (χ3v) is 3.65. The largest absolute Gasteiger partial charge is 0.463 e. The van der Waals surface area contributed by atoms with Crippen molar-refractivity contribution in [2.75, 3.05) is 6.61 Å². The average molecular weight is 360 g/mol. The molecule has 2 atom stereocenters. The topological polar surface area (TPSA) is 88.1 Å². The average Bonchev–Trinajstić information content (AvgIpc) is 2.51. The van der Waals surface area contributed by atoms with E-state index in [1.807, 2.05) is 6.92 Å². The Labute approximate surface area is 150 Å². The smallest absolute Gasteiger partial charge is 0.449 e. The lowest BCUT2D eigenvalue weighted by Gasteiger charge is -2.25. The monoisotopic (exact) mass is 360 g/mol. The predicted molar refractivity (Wildman–Crippen MR) is 91.4 cm³/mol. The SMILES string of the molecule is CCCCC(CC)COC(=O)C(=O)OOC(C)(C)CC(C)OC(C)=O. The van der Waals surface area contributed by atoms with Crippen molar-refractivity contribution in [2.45, 2.75) is 85.4 Å². The molecule has 0 rings (SSSR count). The highest BCUT2D eigenvalue weighted by Crippen LogP contribution is 2.19. The van der Waals surface area contributed by atoms with Gasteiger partial charge in [0.15, 0.2) is 0 Å². The van der Waals surface area contributed by atoms with Crippen LogP contribution in [0.4, 0.5) is 0 Å². The highest BCUT2D eigenvalue weighted by Gasteiger charge is 2.29. The Morgan fingerprint density at radius 2 is 1.72 bits per heavy atom. The van der Waals surface area contributed by atoms with Crippen molar-refractivity contribution in [1.82, 2.24) is 0 Å². The Morgan fingerprint density at radius 3 is 2.24 bits per heavy atom. The first-order valence-corrected chi connectivity index (χ1v) is 8.85. The summed E-state index contributed by atoms with van der Waals surface area (Å²) < 4.78 is 9.99. The lowest BCUT2D eigenvalue weighted by molar-refractivity contribution is -0.327. The van der Waals surface area contributed by atoms with Gasteiger partial charge in [0.25, 0.3) is 0 Å². The summed E-state index contributed by atoms with van der Waals surface area (Å²) in [5.41, 5.74) is -0.919. The molecule has 7 heteroatoms. The summed E-state index contributed by atoms with van der Waals surface area (Å²) in [4.78, 5) is 43.8. The number of carbonyl (C=O) groups is 3. The quantitative estimate of drug-likeness (QED) is 0.242. The summed E-state index contributed by atoms with van der Waals surface area (Å²) in [5, 5.41) is 0. The van der Waals surface area contributed by atoms with Crippen LogP contribution in [0.25, 0.3) is 0 Å². The zero-order chi connectivity index (χ0) is 19.5. The minimum atomic E-state index is -1.20. The van der Waals surface area contributed by atoms with E-state index in [1.165, 1.54) is 6.92 Å². The molecule has 146 valence electrons. The third kappa shape index (κ3) is 11.5. The van der Waals surface area contributed by atoms with E-state index in [1.54, 1.807) is 20.8 Å². The number of carbonyl (C=O) groups excluding carboxylic acids is 3. The molecule has 25 heavy (non-hydrogen) atoms. The maximum atomic E-state index is 11.7. The minimum Gasteiger partial charge on any atom is -0.463 e. The maximum Gasteiger partial charge on any atom is 0.449 e. The fourth-order valence-electron chi connectivity index (χ4n) is 2.39. The fourth-order valence-corrected chi connectivity index (χ4v) is 2.39. The van der Waals surface area contributed by atoms with Gasteiger partial charge in [-0.3, -0.25) is 9.68 Å². The third-order valence-electron chi connectivity index (χ3n) is 3.65. The van der Waals surface area contributed by atoms with Crippen LogP contribution in [0.1, 0.15) is 73.6 Å². The number of hydrogen-bond donors (Lipinski definition) is 0. The second-order valence-electron chi connectivity index (χ2n) is 6.85. The van der Waals surface area contributed by atoms with E-state index < -0.39 is 29.6 Å². The van der Waals surface area contributed by atoms with Crippen molar-refractivity contribution in [3.8, 4) is 0 Å². The van der Waals surface area contributed by atoms with Gasteiger partial charge in [-0.2, -0.15) is 4.89 Å². The van der Waals surface area contributed by atoms with Gasteiger partial charge in [0.2, 0.25) is 0 Å². The number of esters is 2. The molecule has 0 amide bonds. The maximum absolute atomic E-state index is 11.7. The van der Waals surface area contributed by atoms with Gasteiger partial charge < -0.3 is 9.47 Å². The van der Waals surface area contributed by atoms with Crippen molar-refractivity contribution in [2.24, 2.45) is 5.92 Å². The second kappa shape index (κ2) is 11.8. The molecule has 0 spiro atoms. The summed E-state index contributed by atoms with van der Waals surface area (Å²) in [6.07, 6.45) is 3.83. The molecule has 0 radical (unpaired) electrons. The van der Waals surface area contributed by atoms with E-state index in [0.717, 1.165) is 25.7 Å². The van der Waals surface area contributed by atoms with E-state index in [0.29, 0.717) is 6.42 Å². The first-order valence-electron chi connectivity index (χ1n) is 8.85. The van der Waals surface area contributed by atoms with Crippen molar-refractivity contribution in [3.05, 3.63) is 0 Å². The summed E-state index contributed by atoms with van der Waals surface area (Å²) in [5.74, 6) is -2.44. The standard InChI is InChI=1S/C18H32O7/c1-7-9-10-15(8-2)12-22-16(20)17(21)24-25-18(5,6)11-13(3)23-14(4)19/h13,15H,7-12H2,1-6H3. The highest BCUT2D eigenvalue weighted by molar-refractivity contribution is 6.29. The van der Waals surface area contributed by atoms with Gasteiger partial charge in [-0.15, -0.1) is 0 Å². The lowest BCUT2D eigenvalue weighted by atomic mass is 10.0. The number of unbranched alkanes of at least 4 members (excludes halogenated alkanes) is 1. The molecule has 0 aliphatic carbocycles. The lowest BCUT2D eigenvalue weighted by Crippen LogP contribution is -2.33. The zero-order valence-electron chi connectivity index (χ0n) is 16.3. The van der Waals surface area contributed by atoms with Crippen LogP contribution in [0.3, 0.4) is 0 Å². The molecule has 0 fully saturated rings. The van der Waals surface area contributed by atoms with Gasteiger partial charge in [-0.05, 0) is 33.1 Å². The van der Waals surface area contributed by atoms with Gasteiger partial charge in [0.05, 0.1) is 6.61 Å². The minimum absolute atomic E-state index is 0.192. The van der Waals surface area contributed by atoms with Gasteiger partial charge >= 0.3 is 17.9 Å². The van der Waals surface area contributed by atoms with Crippen LogP contribution in [-0.2, 0) is 33.6 Å². The van der Waals surface area contributed by atoms with Gasteiger partial charge in [0, 0.05) is 13.3 Å². The van der Waals surface area contributed by atoms with Crippen LogP contribution < -0.4 is 0 Å². The molecule has 0 heterocycles. The summed E-state index contributed by atoms with van der Waals surface area (Å²) in [6, 6.07) is 0. The zero-order valence-corrected chi connectivity index (χ0v) is 16.3. The molecule has 0 aromatic rings. The van der Waals surface area contributed by atoms with Gasteiger partial charge in [-0.25, -0.2) is 9.59 Å². The summed E-state index contributed by atoms with van der Waals surface area (Å²) >= 11 is 0. The van der Waals surface area contributed by atoms with E-state index >= 15 is 0 Å². The normalized spacial score (nSPS) is 13.7. The van der Waals surface area contributed by atoms with E-state index in [-0.39, 0.29) is 12.5 Å². The van der Waals surface area contributed by atoms with Crippen molar-refractivity contribution >= 4 is 17.9 Å². The predicted octanol–water partition coefficient (Wildman–Crippen LogP) is 3.34. The Balaban J connectivity index is 4.25. The highest BCUT2D eigenvalue weighted by atomic mass is 17.2. The number of hydrogen-bond acceptors (Lipinski definition) is 7. The number of ether oxygens (including phenoxy) is 2. The second-order valence-corrected chi connectivity index (χ2v) is 6.85. The molecule has 0 aliphatic heterocycles. The van der Waals surface area contributed by atoms with Crippen LogP contribution >= 0.6 is 0 Å². The number of rotatable bonds is 11. The van der Waals surface area contributed by atoms with E-state index in [2.05, 4.69) is 11.8 Å². The summed E-state index contributed by atoms with van der Waals surface area (Å²) in [6.45, 7) is 10.6. The van der Waals surface area contributed by atoms with Crippen molar-refractivity contribution in [1.29, 1.82) is 0 Å². The molecule has 0 N–H and O–H groups in total. The van der Waals surface area contributed by atoms with Crippen LogP contribution in [0.5, 0.6) is 0 Å². The Bertz CT molecular complexity index is 431.